The van der Waals surface area contributed by atoms with Crippen LogP contribution in [0.15, 0.2) is 0 Å². The van der Waals surface area contributed by atoms with Crippen LogP contribution in [0.5, 0.6) is 0 Å². The lowest BCUT2D eigenvalue weighted by molar-refractivity contribution is 0.121. The van der Waals surface area contributed by atoms with Gasteiger partial charge in [-0.15, -0.1) is 0 Å². The molecule has 2 fully saturated rings. The van der Waals surface area contributed by atoms with Crippen LogP contribution in [0, 0.1) is 5.92 Å². The van der Waals surface area contributed by atoms with Gasteiger partial charge in [0.1, 0.15) is 0 Å². The van der Waals surface area contributed by atoms with Crippen molar-refractivity contribution in [2.45, 2.75) is 44.6 Å². The Morgan fingerprint density at radius 2 is 2.06 bits per heavy atom. The molecule has 0 aromatic heterocycles. The zero-order valence-corrected chi connectivity index (χ0v) is 9.95. The third kappa shape index (κ3) is 2.67. The summed E-state index contributed by atoms with van der Waals surface area (Å²) in [4.78, 5) is 13.9. The van der Waals surface area contributed by atoms with Gasteiger partial charge in [-0.2, -0.15) is 0 Å². The van der Waals surface area contributed by atoms with Gasteiger partial charge in [0.2, 0.25) is 0 Å². The molecule has 1 heterocycles. The molecule has 0 aromatic rings. The summed E-state index contributed by atoms with van der Waals surface area (Å²) in [6.45, 7) is 2.44. The first-order valence-corrected chi connectivity index (χ1v) is 6.56. The van der Waals surface area contributed by atoms with Crippen molar-refractivity contribution in [3.8, 4) is 0 Å². The quantitative estimate of drug-likeness (QED) is 0.761. The molecule has 2 amide bonds. The number of carbonyl (C=O) groups excluding carboxylic acids is 1. The Morgan fingerprint density at radius 1 is 1.31 bits per heavy atom. The van der Waals surface area contributed by atoms with E-state index in [1.807, 2.05) is 0 Å². The Kier molecular flexibility index (Phi) is 4.04. The molecule has 1 aliphatic heterocycles. The predicted octanol–water partition coefficient (Wildman–Crippen LogP) is 1.31. The van der Waals surface area contributed by atoms with Gasteiger partial charge in [0.15, 0.2) is 0 Å². The molecular weight excluding hydrogens is 202 g/mol. The highest BCUT2D eigenvalue weighted by Gasteiger charge is 2.30. The van der Waals surface area contributed by atoms with E-state index in [0.29, 0.717) is 12.0 Å². The molecule has 1 saturated carbocycles. The average molecular weight is 225 g/mol. The second kappa shape index (κ2) is 5.53. The molecular formula is C12H23N3O. The first kappa shape index (κ1) is 11.7. The van der Waals surface area contributed by atoms with E-state index >= 15 is 0 Å². The molecule has 2 aliphatic rings. The summed E-state index contributed by atoms with van der Waals surface area (Å²) in [7, 11) is 0. The molecule has 0 aromatic carbocycles. The predicted molar refractivity (Wildman–Crippen MR) is 64.1 cm³/mol. The third-order valence-electron chi connectivity index (χ3n) is 3.85. The van der Waals surface area contributed by atoms with Crippen molar-refractivity contribution in [3.05, 3.63) is 0 Å². The van der Waals surface area contributed by atoms with Crippen molar-refractivity contribution in [3.63, 3.8) is 0 Å². The number of nitrogens with zero attached hydrogens (tertiary/aromatic N) is 1. The highest BCUT2D eigenvalue weighted by Crippen LogP contribution is 2.25. The minimum absolute atomic E-state index is 0.139. The largest absolute Gasteiger partial charge is 0.338 e. The Hall–Kier alpha value is -0.770. The minimum Gasteiger partial charge on any atom is -0.338 e. The summed E-state index contributed by atoms with van der Waals surface area (Å²) in [5, 5.41) is 3.00. The maximum Gasteiger partial charge on any atom is 0.317 e. The summed E-state index contributed by atoms with van der Waals surface area (Å²) in [5.41, 5.74) is 5.59. The van der Waals surface area contributed by atoms with Crippen molar-refractivity contribution < 1.29 is 4.79 Å². The van der Waals surface area contributed by atoms with Gasteiger partial charge in [-0.05, 0) is 31.7 Å². The van der Waals surface area contributed by atoms with Crippen LogP contribution >= 0.6 is 0 Å². The van der Waals surface area contributed by atoms with Gasteiger partial charge in [0.05, 0.1) is 0 Å². The summed E-state index contributed by atoms with van der Waals surface area (Å²) < 4.78 is 0. The highest BCUT2D eigenvalue weighted by molar-refractivity contribution is 5.75. The SMILES string of the molecule is NCCC1CNC(=O)N(C2CCCCC2)C1. The lowest BCUT2D eigenvalue weighted by atomic mass is 9.92. The molecule has 4 heteroatoms. The fourth-order valence-corrected chi connectivity index (χ4v) is 2.90. The second-order valence-electron chi connectivity index (χ2n) is 5.07. The molecule has 1 saturated heterocycles. The number of hydrogen-bond acceptors (Lipinski definition) is 2. The smallest absolute Gasteiger partial charge is 0.317 e. The minimum atomic E-state index is 0.139. The molecule has 0 bridgehead atoms. The normalized spacial score (nSPS) is 27.9. The molecule has 1 aliphatic carbocycles. The first-order valence-electron chi connectivity index (χ1n) is 6.56. The lowest BCUT2D eigenvalue weighted by Crippen LogP contribution is -2.55. The zero-order chi connectivity index (χ0) is 11.4. The fourth-order valence-electron chi connectivity index (χ4n) is 2.90. The van der Waals surface area contributed by atoms with Crippen LogP contribution in [0.2, 0.25) is 0 Å². The fraction of sp³-hybridized carbons (Fsp3) is 0.917. The molecule has 3 N–H and O–H groups in total. The van der Waals surface area contributed by atoms with Crippen molar-refractivity contribution >= 4 is 6.03 Å². The number of amides is 2. The molecule has 1 unspecified atom stereocenters. The van der Waals surface area contributed by atoms with Gasteiger partial charge in [0.25, 0.3) is 0 Å². The van der Waals surface area contributed by atoms with E-state index in [-0.39, 0.29) is 6.03 Å². The molecule has 16 heavy (non-hydrogen) atoms. The molecule has 0 radical (unpaired) electrons. The third-order valence-corrected chi connectivity index (χ3v) is 3.85. The van der Waals surface area contributed by atoms with Gasteiger partial charge in [0, 0.05) is 19.1 Å². The van der Waals surface area contributed by atoms with Gasteiger partial charge in [-0.1, -0.05) is 19.3 Å². The zero-order valence-electron chi connectivity index (χ0n) is 9.95. The van der Waals surface area contributed by atoms with Crippen LogP contribution in [0.25, 0.3) is 0 Å². The number of rotatable bonds is 3. The number of nitrogens with two attached hydrogens (primary N) is 1. The maximum atomic E-state index is 11.8. The monoisotopic (exact) mass is 225 g/mol. The Bertz CT molecular complexity index is 238. The van der Waals surface area contributed by atoms with E-state index in [0.717, 1.165) is 26.1 Å². The second-order valence-corrected chi connectivity index (χ2v) is 5.07. The van der Waals surface area contributed by atoms with Gasteiger partial charge in [-0.3, -0.25) is 0 Å². The Balaban J connectivity index is 1.91. The van der Waals surface area contributed by atoms with Crippen LogP contribution in [-0.2, 0) is 0 Å². The summed E-state index contributed by atoms with van der Waals surface area (Å²) in [5.74, 6) is 0.546. The van der Waals surface area contributed by atoms with Gasteiger partial charge >= 0.3 is 6.03 Å². The van der Waals surface area contributed by atoms with E-state index in [4.69, 9.17) is 5.73 Å². The molecule has 1 atom stereocenters. The lowest BCUT2D eigenvalue weighted by Gasteiger charge is -2.40. The maximum absolute atomic E-state index is 11.8. The van der Waals surface area contributed by atoms with E-state index in [1.165, 1.54) is 32.1 Å². The molecule has 2 rings (SSSR count). The van der Waals surface area contributed by atoms with Crippen LogP contribution in [-0.4, -0.2) is 36.6 Å². The summed E-state index contributed by atoms with van der Waals surface area (Å²) >= 11 is 0. The van der Waals surface area contributed by atoms with Crippen LogP contribution < -0.4 is 11.1 Å². The van der Waals surface area contributed by atoms with E-state index in [9.17, 15) is 4.79 Å². The van der Waals surface area contributed by atoms with Crippen LogP contribution in [0.1, 0.15) is 38.5 Å². The van der Waals surface area contributed by atoms with Crippen molar-refractivity contribution in [2.75, 3.05) is 19.6 Å². The highest BCUT2D eigenvalue weighted by atomic mass is 16.2. The Labute approximate surface area is 97.6 Å². The Morgan fingerprint density at radius 3 is 2.75 bits per heavy atom. The van der Waals surface area contributed by atoms with Gasteiger partial charge < -0.3 is 16.0 Å². The van der Waals surface area contributed by atoms with Crippen molar-refractivity contribution in [1.29, 1.82) is 0 Å². The van der Waals surface area contributed by atoms with E-state index in [2.05, 4.69) is 10.2 Å². The van der Waals surface area contributed by atoms with Gasteiger partial charge in [-0.25, -0.2) is 4.79 Å². The summed E-state index contributed by atoms with van der Waals surface area (Å²) in [6.07, 6.45) is 7.26. The average Bonchev–Trinajstić information content (AvgIpc) is 2.33. The van der Waals surface area contributed by atoms with Crippen LogP contribution in [0.4, 0.5) is 4.79 Å². The van der Waals surface area contributed by atoms with E-state index < -0.39 is 0 Å². The molecule has 0 spiro atoms. The van der Waals surface area contributed by atoms with Crippen molar-refractivity contribution in [2.24, 2.45) is 11.7 Å². The molecule has 4 nitrogen and oxygen atoms in total. The van der Waals surface area contributed by atoms with Crippen LogP contribution in [0.3, 0.4) is 0 Å². The standard InChI is InChI=1S/C12H23N3O/c13-7-6-10-8-14-12(16)15(9-10)11-4-2-1-3-5-11/h10-11H,1-9,13H2,(H,14,16). The van der Waals surface area contributed by atoms with Crippen molar-refractivity contribution in [1.82, 2.24) is 10.2 Å². The number of carbonyl (C=O) groups is 1. The number of nitrogens with one attached hydrogen (secondary N) is 1. The molecule has 92 valence electrons. The number of urea groups is 1. The number of hydrogen-bond donors (Lipinski definition) is 2. The summed E-state index contributed by atoms with van der Waals surface area (Å²) in [6, 6.07) is 0.620. The first-order chi connectivity index (χ1) is 7.81. The topological polar surface area (TPSA) is 58.4 Å². The van der Waals surface area contributed by atoms with E-state index in [1.54, 1.807) is 0 Å².